The number of aromatic nitrogens is 5. The van der Waals surface area contributed by atoms with Crippen LogP contribution in [-0.2, 0) is 6.54 Å². The summed E-state index contributed by atoms with van der Waals surface area (Å²) in [6.45, 7) is 2.95. The number of rotatable bonds is 5. The summed E-state index contributed by atoms with van der Waals surface area (Å²) < 4.78 is 8.13. The lowest BCUT2D eigenvalue weighted by Crippen LogP contribution is -2.21. The number of likely N-dealkylation sites (tertiary alicyclic amines) is 1. The molecule has 4 heterocycles. The molecule has 1 aliphatic rings. The minimum Gasteiger partial charge on any atom is -0.481 e. The highest BCUT2D eigenvalue weighted by Gasteiger charge is 2.20. The average molecular weight is 415 g/mol. The normalized spacial score (nSPS) is 14.7. The number of nitrogens with zero attached hydrogens (tertiary/aromatic N) is 6. The van der Waals surface area contributed by atoms with Crippen LogP contribution in [0.4, 0.5) is 0 Å². The Bertz CT molecular complexity index is 872. The summed E-state index contributed by atoms with van der Waals surface area (Å²) in [7, 11) is 1.61. The number of hydrogen-bond acceptors (Lipinski definition) is 6. The number of pyridine rings is 2. The van der Waals surface area contributed by atoms with E-state index >= 15 is 0 Å². The van der Waals surface area contributed by atoms with Crippen LogP contribution in [0.3, 0.4) is 0 Å². The molecule has 26 heavy (non-hydrogen) atoms. The van der Waals surface area contributed by atoms with Gasteiger partial charge in [0.25, 0.3) is 0 Å². The molecule has 4 rings (SSSR count). The van der Waals surface area contributed by atoms with Crippen molar-refractivity contribution in [2.24, 2.45) is 0 Å². The maximum atomic E-state index is 5.18. The van der Waals surface area contributed by atoms with Crippen molar-refractivity contribution in [2.75, 3.05) is 20.2 Å². The van der Waals surface area contributed by atoms with E-state index in [0.29, 0.717) is 11.7 Å². The second-order valence-electron chi connectivity index (χ2n) is 6.18. The maximum Gasteiger partial charge on any atom is 0.213 e. The molecule has 7 nitrogen and oxygen atoms in total. The smallest absolute Gasteiger partial charge is 0.213 e. The first-order valence-corrected chi connectivity index (χ1v) is 9.33. The van der Waals surface area contributed by atoms with Crippen LogP contribution in [-0.4, -0.2) is 49.8 Å². The average Bonchev–Trinajstić information content (AvgIpc) is 3.33. The zero-order valence-corrected chi connectivity index (χ0v) is 16.1. The minimum absolute atomic E-state index is 0.575. The van der Waals surface area contributed by atoms with Gasteiger partial charge in [0.2, 0.25) is 5.88 Å². The van der Waals surface area contributed by atoms with Gasteiger partial charge in [0, 0.05) is 16.7 Å². The van der Waals surface area contributed by atoms with Crippen LogP contribution in [0, 0.1) is 0 Å². The zero-order valence-electron chi connectivity index (χ0n) is 14.5. The molecule has 0 unspecified atom stereocenters. The highest BCUT2D eigenvalue weighted by atomic mass is 79.9. The van der Waals surface area contributed by atoms with Gasteiger partial charge in [-0.15, -0.1) is 10.2 Å². The van der Waals surface area contributed by atoms with Crippen molar-refractivity contribution in [3.8, 4) is 23.1 Å². The third-order valence-corrected chi connectivity index (χ3v) is 4.91. The molecule has 0 spiro atoms. The lowest BCUT2D eigenvalue weighted by Gasteiger charge is -2.16. The largest absolute Gasteiger partial charge is 0.481 e. The Morgan fingerprint density at radius 2 is 1.88 bits per heavy atom. The fourth-order valence-electron chi connectivity index (χ4n) is 3.13. The van der Waals surface area contributed by atoms with Crippen LogP contribution in [0.15, 0.2) is 41.1 Å². The van der Waals surface area contributed by atoms with Crippen molar-refractivity contribution in [3.63, 3.8) is 0 Å². The molecule has 134 valence electrons. The van der Waals surface area contributed by atoms with Gasteiger partial charge >= 0.3 is 0 Å². The van der Waals surface area contributed by atoms with Crippen molar-refractivity contribution in [1.82, 2.24) is 29.6 Å². The fourth-order valence-corrected chi connectivity index (χ4v) is 3.37. The summed E-state index contributed by atoms with van der Waals surface area (Å²) in [5.74, 6) is 2.17. The van der Waals surface area contributed by atoms with E-state index in [4.69, 9.17) is 4.74 Å². The van der Waals surface area contributed by atoms with Gasteiger partial charge in [-0.25, -0.2) is 4.98 Å². The maximum absolute atomic E-state index is 5.18. The zero-order chi connectivity index (χ0) is 17.9. The molecule has 0 N–H and O–H groups in total. The molecular weight excluding hydrogens is 396 g/mol. The molecule has 0 atom stereocenters. The van der Waals surface area contributed by atoms with Crippen molar-refractivity contribution in [3.05, 3.63) is 47.0 Å². The summed E-state index contributed by atoms with van der Waals surface area (Å²) in [5.41, 5.74) is 1.66. The van der Waals surface area contributed by atoms with E-state index in [1.54, 1.807) is 19.5 Å². The van der Waals surface area contributed by atoms with Gasteiger partial charge in [-0.05, 0) is 60.1 Å². The molecule has 1 aliphatic heterocycles. The molecule has 1 fully saturated rings. The Labute approximate surface area is 160 Å². The van der Waals surface area contributed by atoms with Crippen molar-refractivity contribution >= 4 is 15.9 Å². The Balaban J connectivity index is 1.77. The predicted molar refractivity (Wildman–Crippen MR) is 101 cm³/mol. The van der Waals surface area contributed by atoms with Crippen LogP contribution in [0.2, 0.25) is 0 Å². The topological polar surface area (TPSA) is 69.0 Å². The Kier molecular flexibility index (Phi) is 4.94. The molecule has 3 aromatic rings. The predicted octanol–water partition coefficient (Wildman–Crippen LogP) is 3.09. The Morgan fingerprint density at radius 1 is 1.04 bits per heavy atom. The monoisotopic (exact) mass is 414 g/mol. The van der Waals surface area contributed by atoms with Gasteiger partial charge in [0.1, 0.15) is 5.69 Å². The molecule has 8 heteroatoms. The van der Waals surface area contributed by atoms with Gasteiger partial charge < -0.3 is 4.74 Å². The van der Waals surface area contributed by atoms with Crippen molar-refractivity contribution < 1.29 is 4.74 Å². The lowest BCUT2D eigenvalue weighted by atomic mass is 10.3. The minimum atomic E-state index is 0.575. The quantitative estimate of drug-likeness (QED) is 0.638. The third-order valence-electron chi connectivity index (χ3n) is 4.44. The van der Waals surface area contributed by atoms with E-state index in [0.717, 1.165) is 41.3 Å². The lowest BCUT2D eigenvalue weighted by molar-refractivity contribution is 0.320. The molecule has 0 amide bonds. The number of methoxy groups -OCH3 is 1. The molecule has 0 saturated carbocycles. The molecule has 1 saturated heterocycles. The standard InChI is InChI=1S/C18H19BrN6O/c1-26-17-7-5-14(11-21-17)25-16(12-24-8-2-3-9-24)22-23-18(25)15-6-4-13(19)10-20-15/h4-7,10-11H,2-3,8-9,12H2,1H3. The summed E-state index contributed by atoms with van der Waals surface area (Å²) in [4.78, 5) is 11.2. The van der Waals surface area contributed by atoms with Crippen molar-refractivity contribution in [1.29, 1.82) is 0 Å². The first kappa shape index (κ1) is 17.1. The first-order chi connectivity index (χ1) is 12.7. The van der Waals surface area contributed by atoms with Gasteiger partial charge in [-0.3, -0.25) is 14.5 Å². The Morgan fingerprint density at radius 3 is 2.54 bits per heavy atom. The highest BCUT2D eigenvalue weighted by Crippen LogP contribution is 2.24. The van der Waals surface area contributed by atoms with E-state index < -0.39 is 0 Å². The van der Waals surface area contributed by atoms with Crippen LogP contribution < -0.4 is 4.74 Å². The summed E-state index contributed by atoms with van der Waals surface area (Å²) in [6, 6.07) is 7.69. The number of ether oxygens (including phenoxy) is 1. The number of halogens is 1. The van der Waals surface area contributed by atoms with Gasteiger partial charge in [-0.1, -0.05) is 0 Å². The van der Waals surface area contributed by atoms with Crippen LogP contribution in [0.25, 0.3) is 17.2 Å². The SMILES string of the molecule is COc1ccc(-n2c(CN3CCCC3)nnc2-c2ccc(Br)cn2)cn1. The van der Waals surface area contributed by atoms with E-state index in [9.17, 15) is 0 Å². The molecule has 3 aromatic heterocycles. The van der Waals surface area contributed by atoms with Crippen LogP contribution >= 0.6 is 15.9 Å². The van der Waals surface area contributed by atoms with Crippen LogP contribution in [0.1, 0.15) is 18.7 Å². The fraction of sp³-hybridized carbons (Fsp3) is 0.333. The molecule has 0 radical (unpaired) electrons. The van der Waals surface area contributed by atoms with E-state index in [1.807, 2.05) is 28.8 Å². The van der Waals surface area contributed by atoms with E-state index in [2.05, 4.69) is 41.0 Å². The second-order valence-corrected chi connectivity index (χ2v) is 7.09. The highest BCUT2D eigenvalue weighted by molar-refractivity contribution is 9.10. The molecular formula is C18H19BrN6O. The van der Waals surface area contributed by atoms with Gasteiger partial charge in [-0.2, -0.15) is 0 Å². The van der Waals surface area contributed by atoms with E-state index in [-0.39, 0.29) is 0 Å². The van der Waals surface area contributed by atoms with Crippen molar-refractivity contribution in [2.45, 2.75) is 19.4 Å². The number of hydrogen-bond donors (Lipinski definition) is 0. The molecule has 0 aromatic carbocycles. The summed E-state index contributed by atoms with van der Waals surface area (Å²) in [5, 5.41) is 8.88. The second kappa shape index (κ2) is 7.51. The molecule has 0 bridgehead atoms. The first-order valence-electron chi connectivity index (χ1n) is 8.53. The molecule has 0 aliphatic carbocycles. The van der Waals surface area contributed by atoms with Gasteiger partial charge in [0.15, 0.2) is 11.6 Å². The van der Waals surface area contributed by atoms with Gasteiger partial charge in [0.05, 0.1) is 25.5 Å². The van der Waals surface area contributed by atoms with Crippen LogP contribution in [0.5, 0.6) is 5.88 Å². The Hall–Kier alpha value is -2.32. The summed E-state index contributed by atoms with van der Waals surface area (Å²) >= 11 is 3.42. The third kappa shape index (κ3) is 3.47. The summed E-state index contributed by atoms with van der Waals surface area (Å²) in [6.07, 6.45) is 6.01. The van der Waals surface area contributed by atoms with E-state index in [1.165, 1.54) is 12.8 Å².